The summed E-state index contributed by atoms with van der Waals surface area (Å²) in [6, 6.07) is 18.0. The van der Waals surface area contributed by atoms with Gasteiger partial charge in [-0.05, 0) is 107 Å². The van der Waals surface area contributed by atoms with Gasteiger partial charge in [0.2, 0.25) is 0 Å². The van der Waals surface area contributed by atoms with E-state index in [2.05, 4.69) is 25.1 Å². The maximum atomic E-state index is 14.0. The molecule has 3 aliphatic rings. The average molecular weight is 619 g/mol. The quantitative estimate of drug-likeness (QED) is 0.312. The van der Waals surface area contributed by atoms with E-state index in [1.807, 2.05) is 59.2 Å². The number of anilines is 1. The molecule has 2 aromatic carbocycles. The number of imidazole rings is 1. The molecule has 3 aliphatic heterocycles. The minimum Gasteiger partial charge on any atom is -0.457 e. The van der Waals surface area contributed by atoms with Gasteiger partial charge >= 0.3 is 5.69 Å². The van der Waals surface area contributed by atoms with E-state index in [0.29, 0.717) is 28.4 Å². The Bertz CT molecular complexity index is 1570. The highest BCUT2D eigenvalue weighted by atomic mass is 35.5. The standard InChI is InChI=1S/C33H42N8O2.ClH/c34-31-30-32(37-23-36-31)41(33(42)40(30)26-6-8-29(9-7-26)43-28-4-2-1-3-5-28)27-14-18-38(19-15-27)22-24-12-20-39(21-13-24)25-10-16-35-17-11-25;/h1-9,23-25,27,35H,10-22H2,(H2,34,36,37);1H. The predicted molar refractivity (Wildman–Crippen MR) is 176 cm³/mol. The molecular weight excluding hydrogens is 576 g/mol. The number of hydrogen-bond donors (Lipinski definition) is 2. The molecule has 3 saturated heterocycles. The Labute approximate surface area is 264 Å². The Morgan fingerprint density at radius 1 is 0.818 bits per heavy atom. The maximum Gasteiger partial charge on any atom is 0.335 e. The molecule has 0 saturated carbocycles. The van der Waals surface area contributed by atoms with E-state index < -0.39 is 0 Å². The molecule has 0 atom stereocenters. The number of nitrogens with one attached hydrogen (secondary N) is 1. The highest BCUT2D eigenvalue weighted by Crippen LogP contribution is 2.30. The van der Waals surface area contributed by atoms with Crippen LogP contribution in [0.1, 0.15) is 44.6 Å². The van der Waals surface area contributed by atoms with E-state index in [-0.39, 0.29) is 24.1 Å². The summed E-state index contributed by atoms with van der Waals surface area (Å²) < 4.78 is 9.47. The van der Waals surface area contributed by atoms with Crippen molar-refractivity contribution in [3.8, 4) is 17.2 Å². The van der Waals surface area contributed by atoms with E-state index in [1.54, 1.807) is 4.57 Å². The molecule has 10 nitrogen and oxygen atoms in total. The number of piperidine rings is 3. The van der Waals surface area contributed by atoms with Crippen LogP contribution in [0, 0.1) is 5.92 Å². The number of likely N-dealkylation sites (tertiary alicyclic amines) is 2. The SMILES string of the molecule is Cl.Nc1ncnc2c1n(-c1ccc(Oc3ccccc3)cc1)c(=O)n2C1CCN(CC2CCN(C3CCNCC3)CC2)CC1. The molecule has 4 aromatic rings. The van der Waals surface area contributed by atoms with Gasteiger partial charge < -0.3 is 25.6 Å². The third-order valence-electron chi connectivity index (χ3n) is 9.67. The van der Waals surface area contributed by atoms with Crippen molar-refractivity contribution in [1.82, 2.24) is 34.2 Å². The molecule has 0 bridgehead atoms. The Kier molecular flexibility index (Phi) is 9.51. The number of nitrogens with zero attached hydrogens (tertiary/aromatic N) is 6. The number of hydrogen-bond acceptors (Lipinski definition) is 8. The molecule has 3 N–H and O–H groups in total. The molecule has 0 spiro atoms. The highest BCUT2D eigenvalue weighted by Gasteiger charge is 2.30. The van der Waals surface area contributed by atoms with Crippen LogP contribution < -0.4 is 21.5 Å². The van der Waals surface area contributed by atoms with Crippen LogP contribution in [-0.4, -0.2) is 80.8 Å². The smallest absolute Gasteiger partial charge is 0.335 e. The predicted octanol–water partition coefficient (Wildman–Crippen LogP) is 4.48. The van der Waals surface area contributed by atoms with E-state index >= 15 is 0 Å². The highest BCUT2D eigenvalue weighted by molar-refractivity contribution is 5.85. The first-order valence-corrected chi connectivity index (χ1v) is 15.9. The Balaban J connectivity index is 0.00000343. The van der Waals surface area contributed by atoms with Crippen LogP contribution in [0.4, 0.5) is 5.82 Å². The first-order chi connectivity index (χ1) is 21.1. The maximum absolute atomic E-state index is 14.0. The monoisotopic (exact) mass is 618 g/mol. The molecule has 0 amide bonds. The largest absolute Gasteiger partial charge is 0.457 e. The molecule has 44 heavy (non-hydrogen) atoms. The lowest BCUT2D eigenvalue weighted by atomic mass is 9.92. The zero-order chi connectivity index (χ0) is 29.2. The number of nitrogens with two attached hydrogens (primary N) is 1. The number of rotatable bonds is 7. The molecule has 0 aliphatic carbocycles. The second-order valence-corrected chi connectivity index (χ2v) is 12.3. The summed E-state index contributed by atoms with van der Waals surface area (Å²) in [4.78, 5) is 28.2. The molecule has 3 fully saturated rings. The molecule has 234 valence electrons. The van der Waals surface area contributed by atoms with Gasteiger partial charge in [0.05, 0.1) is 5.69 Å². The van der Waals surface area contributed by atoms with Gasteiger partial charge in [0.1, 0.15) is 23.3 Å². The molecule has 11 heteroatoms. The van der Waals surface area contributed by atoms with Gasteiger partial charge in [-0.25, -0.2) is 14.8 Å². The van der Waals surface area contributed by atoms with Crippen molar-refractivity contribution in [1.29, 1.82) is 0 Å². The van der Waals surface area contributed by atoms with Crippen LogP contribution in [0.3, 0.4) is 0 Å². The number of nitrogen functional groups attached to an aromatic ring is 1. The summed E-state index contributed by atoms with van der Waals surface area (Å²) >= 11 is 0. The lowest BCUT2D eigenvalue weighted by Gasteiger charge is -2.41. The lowest BCUT2D eigenvalue weighted by molar-refractivity contribution is 0.0852. The van der Waals surface area contributed by atoms with Crippen molar-refractivity contribution in [2.24, 2.45) is 5.92 Å². The molecule has 5 heterocycles. The van der Waals surface area contributed by atoms with Crippen LogP contribution in [0.5, 0.6) is 11.5 Å². The third kappa shape index (κ3) is 6.35. The van der Waals surface area contributed by atoms with Gasteiger partial charge in [-0.2, -0.15) is 0 Å². The Morgan fingerprint density at radius 2 is 1.50 bits per heavy atom. The van der Waals surface area contributed by atoms with Crippen LogP contribution in [0.15, 0.2) is 65.7 Å². The van der Waals surface area contributed by atoms with Gasteiger partial charge in [0.15, 0.2) is 11.5 Å². The van der Waals surface area contributed by atoms with E-state index in [1.165, 1.54) is 45.1 Å². The summed E-state index contributed by atoms with van der Waals surface area (Å²) in [6.07, 6.45) is 8.46. The van der Waals surface area contributed by atoms with Crippen molar-refractivity contribution in [2.75, 3.05) is 51.5 Å². The zero-order valence-electron chi connectivity index (χ0n) is 25.2. The topological polar surface area (TPSA) is 106 Å². The number of fused-ring (bicyclic) bond motifs is 1. The Morgan fingerprint density at radius 3 is 2.20 bits per heavy atom. The normalized spacial score (nSPS) is 19.6. The van der Waals surface area contributed by atoms with Gasteiger partial charge in [-0.3, -0.25) is 9.13 Å². The van der Waals surface area contributed by atoms with Crippen LogP contribution in [0.25, 0.3) is 16.9 Å². The minimum atomic E-state index is -0.123. The van der Waals surface area contributed by atoms with Crippen molar-refractivity contribution in [3.63, 3.8) is 0 Å². The molecule has 2 aromatic heterocycles. The zero-order valence-corrected chi connectivity index (χ0v) is 26.0. The summed E-state index contributed by atoms with van der Waals surface area (Å²) in [5, 5.41) is 3.49. The second kappa shape index (κ2) is 13.7. The van der Waals surface area contributed by atoms with Gasteiger partial charge in [-0.1, -0.05) is 18.2 Å². The van der Waals surface area contributed by atoms with Crippen molar-refractivity contribution in [2.45, 2.75) is 50.6 Å². The minimum absolute atomic E-state index is 0. The number of halogens is 1. The van der Waals surface area contributed by atoms with Crippen LogP contribution >= 0.6 is 12.4 Å². The van der Waals surface area contributed by atoms with Gasteiger partial charge in [-0.15, -0.1) is 12.4 Å². The van der Waals surface area contributed by atoms with Crippen molar-refractivity contribution >= 4 is 29.4 Å². The second-order valence-electron chi connectivity index (χ2n) is 12.3. The van der Waals surface area contributed by atoms with Gasteiger partial charge in [0.25, 0.3) is 0 Å². The lowest BCUT2D eigenvalue weighted by Crippen LogP contribution is -2.48. The number of benzene rings is 2. The summed E-state index contributed by atoms with van der Waals surface area (Å²) in [5.41, 5.74) is 8.11. The fourth-order valence-corrected chi connectivity index (χ4v) is 7.32. The fraction of sp³-hybridized carbons (Fsp3) is 0.485. The summed E-state index contributed by atoms with van der Waals surface area (Å²) in [5.74, 6) is 2.52. The average Bonchev–Trinajstić information content (AvgIpc) is 3.36. The molecular formula is C33H43ClN8O2. The number of para-hydroxylation sites is 1. The Hall–Kier alpha value is -3.44. The van der Waals surface area contributed by atoms with Crippen molar-refractivity contribution < 1.29 is 4.74 Å². The summed E-state index contributed by atoms with van der Waals surface area (Å²) in [7, 11) is 0. The number of ether oxygens (including phenoxy) is 1. The van der Waals surface area contributed by atoms with E-state index in [4.69, 9.17) is 10.5 Å². The van der Waals surface area contributed by atoms with Crippen molar-refractivity contribution in [3.05, 3.63) is 71.4 Å². The first kappa shape index (κ1) is 30.6. The van der Waals surface area contributed by atoms with Crippen LogP contribution in [-0.2, 0) is 0 Å². The van der Waals surface area contributed by atoms with E-state index in [0.717, 1.165) is 63.3 Å². The van der Waals surface area contributed by atoms with E-state index in [9.17, 15) is 4.79 Å². The molecule has 7 rings (SSSR count). The number of aromatic nitrogens is 4. The molecule has 0 unspecified atom stereocenters. The summed E-state index contributed by atoms with van der Waals surface area (Å²) in [6.45, 7) is 7.94. The van der Waals surface area contributed by atoms with Crippen LogP contribution in [0.2, 0.25) is 0 Å². The fourth-order valence-electron chi connectivity index (χ4n) is 7.32. The molecule has 0 radical (unpaired) electrons. The third-order valence-corrected chi connectivity index (χ3v) is 9.67. The van der Waals surface area contributed by atoms with Gasteiger partial charge in [0, 0.05) is 31.7 Å². The first-order valence-electron chi connectivity index (χ1n) is 15.9.